The van der Waals surface area contributed by atoms with Gasteiger partial charge in [0.25, 0.3) is 0 Å². The number of aromatic amines is 1. The van der Waals surface area contributed by atoms with E-state index in [2.05, 4.69) is 15.4 Å². The molecule has 0 aliphatic heterocycles. The molecule has 0 fully saturated rings. The van der Waals surface area contributed by atoms with Crippen molar-refractivity contribution in [3.63, 3.8) is 0 Å². The van der Waals surface area contributed by atoms with Gasteiger partial charge in [0, 0.05) is 5.56 Å². The second-order valence-electron chi connectivity index (χ2n) is 6.51. The molecule has 0 spiro atoms. The van der Waals surface area contributed by atoms with E-state index in [1.807, 2.05) is 6.07 Å². The molecule has 0 atom stereocenters. The number of hydrogen-bond donors (Lipinski definition) is 1. The Morgan fingerprint density at radius 3 is 2.35 bits per heavy atom. The van der Waals surface area contributed by atoms with Gasteiger partial charge in [-0.05, 0) is 42.7 Å². The van der Waals surface area contributed by atoms with Crippen molar-refractivity contribution in [3.8, 4) is 11.8 Å². The molecule has 5 nitrogen and oxygen atoms in total. The number of alkyl halides is 6. The average Bonchev–Trinajstić information content (AvgIpc) is 3.17. The summed E-state index contributed by atoms with van der Waals surface area (Å²) in [7, 11) is 0. The van der Waals surface area contributed by atoms with Crippen LogP contribution in [0.2, 0.25) is 0 Å². The zero-order valence-electron chi connectivity index (χ0n) is 15.7. The predicted molar refractivity (Wildman–Crippen MR) is 95.7 cm³/mol. The zero-order chi connectivity index (χ0) is 22.6. The molecule has 0 aliphatic carbocycles. The van der Waals surface area contributed by atoms with E-state index in [0.29, 0.717) is 42.3 Å². The molecule has 0 aliphatic rings. The van der Waals surface area contributed by atoms with Crippen LogP contribution in [0.4, 0.5) is 26.3 Å². The Morgan fingerprint density at radius 2 is 1.68 bits per heavy atom. The van der Waals surface area contributed by atoms with Crippen molar-refractivity contribution in [1.29, 1.82) is 5.26 Å². The lowest BCUT2D eigenvalue weighted by atomic mass is 10.0. The fourth-order valence-corrected chi connectivity index (χ4v) is 2.94. The van der Waals surface area contributed by atoms with Crippen molar-refractivity contribution in [3.05, 3.63) is 76.1 Å². The first-order valence-electron chi connectivity index (χ1n) is 8.87. The van der Waals surface area contributed by atoms with Gasteiger partial charge in [-0.25, -0.2) is 5.10 Å². The normalized spacial score (nSPS) is 11.9. The molecule has 1 heterocycles. The smallest absolute Gasteiger partial charge is 0.416 e. The minimum Gasteiger partial charge on any atom is -0.489 e. The van der Waals surface area contributed by atoms with Crippen LogP contribution in [0.1, 0.15) is 33.6 Å². The Balaban J connectivity index is 1.82. The molecule has 1 N–H and O–H groups in total. The fraction of sp³-hybridized carbons (Fsp3) is 0.250. The van der Waals surface area contributed by atoms with E-state index in [4.69, 9.17) is 10.00 Å². The topological polar surface area (TPSA) is 74.6 Å². The van der Waals surface area contributed by atoms with Crippen LogP contribution in [0.25, 0.3) is 0 Å². The molecular formula is C20H14F6N4O. The number of para-hydroxylation sites is 1. The van der Waals surface area contributed by atoms with Gasteiger partial charge in [-0.15, -0.1) is 5.10 Å². The highest BCUT2D eigenvalue weighted by Gasteiger charge is 2.37. The van der Waals surface area contributed by atoms with Crippen molar-refractivity contribution in [1.82, 2.24) is 15.4 Å². The predicted octanol–water partition coefficient (Wildman–Crippen LogP) is 5.08. The Kier molecular flexibility index (Phi) is 6.19. The minimum atomic E-state index is -4.83. The van der Waals surface area contributed by atoms with Gasteiger partial charge in [-0.2, -0.15) is 31.6 Å². The van der Waals surface area contributed by atoms with Gasteiger partial charge in [0.2, 0.25) is 0 Å². The average molecular weight is 440 g/mol. The van der Waals surface area contributed by atoms with E-state index >= 15 is 0 Å². The lowest BCUT2D eigenvalue weighted by Gasteiger charge is -2.17. The first kappa shape index (κ1) is 22.1. The van der Waals surface area contributed by atoms with Gasteiger partial charge in [0.05, 0.1) is 11.1 Å². The lowest BCUT2D eigenvalue weighted by Crippen LogP contribution is -2.14. The number of nitrogens with zero attached hydrogens (tertiary/aromatic N) is 3. The van der Waals surface area contributed by atoms with Gasteiger partial charge < -0.3 is 4.74 Å². The van der Waals surface area contributed by atoms with E-state index in [1.54, 1.807) is 18.2 Å². The summed E-state index contributed by atoms with van der Waals surface area (Å²) in [6.07, 6.45) is -8.99. The molecule has 0 unspecified atom stereocenters. The number of hydrogen-bond acceptors (Lipinski definition) is 4. The number of ether oxygens (including phenoxy) is 1. The van der Waals surface area contributed by atoms with E-state index in [0.717, 1.165) is 0 Å². The molecule has 2 aromatic carbocycles. The van der Waals surface area contributed by atoms with Gasteiger partial charge in [-0.1, -0.05) is 23.4 Å². The lowest BCUT2D eigenvalue weighted by molar-refractivity contribution is -0.142. The number of aromatic nitrogens is 3. The number of aryl methyl sites for hydroxylation is 2. The molecule has 0 saturated carbocycles. The van der Waals surface area contributed by atoms with E-state index in [1.165, 1.54) is 6.07 Å². The van der Waals surface area contributed by atoms with E-state index < -0.39 is 35.6 Å². The van der Waals surface area contributed by atoms with Gasteiger partial charge in [-0.3, -0.25) is 0 Å². The highest BCUT2D eigenvalue weighted by molar-refractivity contribution is 5.38. The highest BCUT2D eigenvalue weighted by atomic mass is 19.4. The van der Waals surface area contributed by atoms with E-state index in [9.17, 15) is 26.3 Å². The Labute approximate surface area is 172 Å². The summed E-state index contributed by atoms with van der Waals surface area (Å²) in [6.45, 7) is -0.705. The summed E-state index contributed by atoms with van der Waals surface area (Å²) < 4.78 is 84.1. The Hall–Kier alpha value is -3.55. The van der Waals surface area contributed by atoms with Crippen molar-refractivity contribution < 1.29 is 31.1 Å². The van der Waals surface area contributed by atoms with Crippen LogP contribution in [0.5, 0.6) is 5.75 Å². The van der Waals surface area contributed by atoms with Crippen molar-refractivity contribution >= 4 is 0 Å². The Morgan fingerprint density at radius 1 is 0.935 bits per heavy atom. The summed E-state index contributed by atoms with van der Waals surface area (Å²) in [5, 5.41) is 18.8. The maximum absolute atomic E-state index is 13.3. The van der Waals surface area contributed by atoms with Crippen molar-refractivity contribution in [2.75, 3.05) is 0 Å². The largest absolute Gasteiger partial charge is 0.489 e. The zero-order valence-corrected chi connectivity index (χ0v) is 15.7. The molecule has 0 bridgehead atoms. The van der Waals surface area contributed by atoms with Crippen LogP contribution in [-0.2, 0) is 31.8 Å². The van der Waals surface area contributed by atoms with Gasteiger partial charge in [0.1, 0.15) is 24.1 Å². The molecule has 3 rings (SSSR count). The first-order valence-corrected chi connectivity index (χ1v) is 8.87. The standard InChI is InChI=1S/C20H14F6N4O/c21-19(22,23)14-6-7-15(20(24,25)26)13(9-14)11-31-18-4-2-1-3-12(18)5-8-16-17(10-27)29-30-28-16/h1-4,6-7,9H,5,8,11H2,(H,28,29,30). The summed E-state index contributed by atoms with van der Waals surface area (Å²) >= 11 is 0. The third-order valence-electron chi connectivity index (χ3n) is 4.46. The van der Waals surface area contributed by atoms with Gasteiger partial charge >= 0.3 is 12.4 Å². The number of rotatable bonds is 6. The number of nitriles is 1. The molecule has 1 aromatic heterocycles. The molecular weight excluding hydrogens is 426 g/mol. The second-order valence-corrected chi connectivity index (χ2v) is 6.51. The van der Waals surface area contributed by atoms with Crippen LogP contribution >= 0.6 is 0 Å². The molecule has 11 heteroatoms. The molecule has 0 amide bonds. The van der Waals surface area contributed by atoms with E-state index in [-0.39, 0.29) is 11.4 Å². The number of halogens is 6. The molecule has 0 radical (unpaired) electrons. The van der Waals surface area contributed by atoms with Crippen LogP contribution in [-0.4, -0.2) is 15.4 Å². The summed E-state index contributed by atoms with van der Waals surface area (Å²) in [5.74, 6) is 0.218. The monoisotopic (exact) mass is 440 g/mol. The summed E-state index contributed by atoms with van der Waals surface area (Å²) in [6, 6.07) is 9.58. The molecule has 31 heavy (non-hydrogen) atoms. The van der Waals surface area contributed by atoms with Crippen LogP contribution < -0.4 is 4.74 Å². The molecule has 3 aromatic rings. The number of H-pyrrole nitrogens is 1. The van der Waals surface area contributed by atoms with Crippen molar-refractivity contribution in [2.24, 2.45) is 0 Å². The summed E-state index contributed by atoms with van der Waals surface area (Å²) in [4.78, 5) is 0. The quantitative estimate of drug-likeness (QED) is 0.543. The van der Waals surface area contributed by atoms with Crippen LogP contribution in [0.3, 0.4) is 0 Å². The number of benzene rings is 2. The second kappa shape index (κ2) is 8.67. The molecule has 0 saturated heterocycles. The molecule has 162 valence electrons. The third kappa shape index (κ3) is 5.33. The number of nitrogens with one attached hydrogen (secondary N) is 1. The van der Waals surface area contributed by atoms with Crippen LogP contribution in [0, 0.1) is 11.3 Å². The minimum absolute atomic E-state index is 0.192. The maximum atomic E-state index is 13.3. The fourth-order valence-electron chi connectivity index (χ4n) is 2.94. The first-order chi connectivity index (χ1) is 14.6. The van der Waals surface area contributed by atoms with Crippen LogP contribution in [0.15, 0.2) is 42.5 Å². The third-order valence-corrected chi connectivity index (χ3v) is 4.46. The van der Waals surface area contributed by atoms with Crippen molar-refractivity contribution in [2.45, 2.75) is 31.8 Å². The maximum Gasteiger partial charge on any atom is 0.416 e. The summed E-state index contributed by atoms with van der Waals surface area (Å²) in [5.41, 5.74) is -1.82. The van der Waals surface area contributed by atoms with Gasteiger partial charge in [0.15, 0.2) is 5.69 Å². The Bertz CT molecular complexity index is 1100. The SMILES string of the molecule is N#Cc1[nH]nnc1CCc1ccccc1OCc1cc(C(F)(F)F)ccc1C(F)(F)F. The highest BCUT2D eigenvalue weighted by Crippen LogP contribution is 2.37.